The molecule has 1 aromatic heterocycles. The zero-order valence-electron chi connectivity index (χ0n) is 13.7. The van der Waals surface area contributed by atoms with Gasteiger partial charge in [0.25, 0.3) is 0 Å². The normalized spacial score (nSPS) is 15.8. The van der Waals surface area contributed by atoms with Crippen molar-refractivity contribution in [2.45, 2.75) is 18.9 Å². The predicted molar refractivity (Wildman–Crippen MR) is 89.8 cm³/mol. The first-order valence-electron chi connectivity index (χ1n) is 8.19. The van der Waals surface area contributed by atoms with Crippen molar-refractivity contribution >= 4 is 27.8 Å². The van der Waals surface area contributed by atoms with E-state index in [9.17, 15) is 13.6 Å². The number of ether oxygens (including phenoxy) is 2. The molecule has 1 aliphatic heterocycles. The highest BCUT2D eigenvalue weighted by molar-refractivity contribution is 6.10. The van der Waals surface area contributed by atoms with Gasteiger partial charge in [0, 0.05) is 30.0 Å². The molecule has 0 saturated carbocycles. The molecule has 0 radical (unpaired) electrons. The number of rotatable bonds is 2. The van der Waals surface area contributed by atoms with Gasteiger partial charge < -0.3 is 14.0 Å². The largest absolute Gasteiger partial charge is 0.465 e. The minimum atomic E-state index is -0.480. The summed E-state index contributed by atoms with van der Waals surface area (Å²) in [5, 5.41) is 0.837. The van der Waals surface area contributed by atoms with Crippen LogP contribution in [0, 0.1) is 11.6 Å². The van der Waals surface area contributed by atoms with Gasteiger partial charge in [-0.2, -0.15) is 0 Å². The van der Waals surface area contributed by atoms with Gasteiger partial charge in [0.1, 0.15) is 11.6 Å². The maximum atomic E-state index is 14.6. The van der Waals surface area contributed by atoms with E-state index < -0.39 is 17.6 Å². The van der Waals surface area contributed by atoms with Crippen molar-refractivity contribution in [3.8, 4) is 0 Å². The number of halogens is 2. The Morgan fingerprint density at radius 1 is 1.16 bits per heavy atom. The van der Waals surface area contributed by atoms with Gasteiger partial charge in [-0.05, 0) is 37.1 Å². The summed E-state index contributed by atoms with van der Waals surface area (Å²) in [4.78, 5) is 11.9. The molecule has 0 spiro atoms. The number of methoxy groups -OCH3 is 1. The Morgan fingerprint density at radius 3 is 2.60 bits per heavy atom. The fourth-order valence-electron chi connectivity index (χ4n) is 3.66. The first-order chi connectivity index (χ1) is 12.1. The highest BCUT2D eigenvalue weighted by atomic mass is 19.1. The molecular formula is C19H17F2NO3. The Bertz CT molecular complexity index is 974. The number of esters is 1. The number of hydrogen-bond donors (Lipinski definition) is 0. The number of carbonyl (C=O) groups is 1. The maximum Gasteiger partial charge on any atom is 0.337 e. The Balaban J connectivity index is 2.08. The zero-order valence-corrected chi connectivity index (χ0v) is 13.7. The Hall–Kier alpha value is -2.47. The lowest BCUT2D eigenvalue weighted by molar-refractivity contribution is 0.0600. The van der Waals surface area contributed by atoms with Crippen molar-refractivity contribution in [2.75, 3.05) is 20.3 Å². The predicted octanol–water partition coefficient (Wildman–Crippen LogP) is 4.21. The van der Waals surface area contributed by atoms with Crippen LogP contribution in [0.5, 0.6) is 0 Å². The molecule has 1 aliphatic rings. The quantitative estimate of drug-likeness (QED) is 0.653. The highest BCUT2D eigenvalue weighted by Gasteiger charge is 2.25. The molecule has 0 amide bonds. The molecule has 4 nitrogen and oxygen atoms in total. The Kier molecular flexibility index (Phi) is 3.92. The second-order valence-electron chi connectivity index (χ2n) is 6.19. The lowest BCUT2D eigenvalue weighted by Crippen LogP contribution is -2.19. The van der Waals surface area contributed by atoms with Gasteiger partial charge in [0.2, 0.25) is 0 Å². The smallest absolute Gasteiger partial charge is 0.337 e. The molecule has 4 rings (SSSR count). The average molecular weight is 345 g/mol. The fraction of sp³-hybridized carbons (Fsp3) is 0.316. The van der Waals surface area contributed by atoms with E-state index in [-0.39, 0.29) is 16.9 Å². The first-order valence-corrected chi connectivity index (χ1v) is 8.19. The third kappa shape index (κ3) is 2.48. The van der Waals surface area contributed by atoms with Gasteiger partial charge in [-0.3, -0.25) is 0 Å². The van der Waals surface area contributed by atoms with E-state index in [0.29, 0.717) is 42.5 Å². The zero-order chi connectivity index (χ0) is 17.6. The van der Waals surface area contributed by atoms with Crippen LogP contribution in [-0.2, 0) is 9.47 Å². The van der Waals surface area contributed by atoms with Crippen LogP contribution in [0.15, 0.2) is 30.3 Å². The summed E-state index contributed by atoms with van der Waals surface area (Å²) in [5.41, 5.74) is 1.23. The number of fused-ring (bicyclic) bond motifs is 3. The summed E-state index contributed by atoms with van der Waals surface area (Å²) < 4.78 is 41.1. The number of hydrogen-bond acceptors (Lipinski definition) is 3. The van der Waals surface area contributed by atoms with Crippen LogP contribution >= 0.6 is 0 Å². The standard InChI is InChI=1S/C19H17F2NO3/c1-24-19(23)11-2-3-13-16(10-11)22(12-6-8-25-9-7-12)18-15(21)5-4-14(20)17(13)18/h2-5,10,12H,6-9H2,1H3. The maximum absolute atomic E-state index is 14.6. The van der Waals surface area contributed by atoms with Crippen molar-refractivity contribution in [3.63, 3.8) is 0 Å². The minimum Gasteiger partial charge on any atom is -0.465 e. The van der Waals surface area contributed by atoms with Crippen LogP contribution in [-0.4, -0.2) is 30.9 Å². The molecule has 1 fully saturated rings. The monoisotopic (exact) mass is 345 g/mol. The van der Waals surface area contributed by atoms with Gasteiger partial charge in [-0.25, -0.2) is 13.6 Å². The lowest BCUT2D eigenvalue weighted by atomic mass is 10.1. The summed E-state index contributed by atoms with van der Waals surface area (Å²) in [6.07, 6.45) is 1.41. The summed E-state index contributed by atoms with van der Waals surface area (Å²) in [6.45, 7) is 1.14. The number of benzene rings is 2. The van der Waals surface area contributed by atoms with E-state index in [4.69, 9.17) is 9.47 Å². The van der Waals surface area contributed by atoms with Gasteiger partial charge in [-0.1, -0.05) is 6.07 Å². The van der Waals surface area contributed by atoms with Crippen LogP contribution in [0.3, 0.4) is 0 Å². The molecule has 0 aliphatic carbocycles. The molecular weight excluding hydrogens is 328 g/mol. The van der Waals surface area contributed by atoms with Gasteiger partial charge in [0.05, 0.1) is 23.7 Å². The third-order valence-electron chi connectivity index (χ3n) is 4.82. The van der Waals surface area contributed by atoms with Crippen LogP contribution in [0.1, 0.15) is 29.2 Å². The molecule has 2 heterocycles. The van der Waals surface area contributed by atoms with Crippen molar-refractivity contribution in [1.82, 2.24) is 4.57 Å². The molecule has 0 unspecified atom stereocenters. The molecule has 0 atom stereocenters. The molecule has 25 heavy (non-hydrogen) atoms. The topological polar surface area (TPSA) is 40.5 Å². The van der Waals surface area contributed by atoms with E-state index in [1.807, 2.05) is 4.57 Å². The summed E-state index contributed by atoms with van der Waals surface area (Å²) in [5.74, 6) is -1.43. The van der Waals surface area contributed by atoms with Crippen molar-refractivity contribution in [3.05, 3.63) is 47.5 Å². The summed E-state index contributed by atoms with van der Waals surface area (Å²) >= 11 is 0. The molecule has 2 aromatic carbocycles. The van der Waals surface area contributed by atoms with Crippen molar-refractivity contribution < 1.29 is 23.0 Å². The van der Waals surface area contributed by atoms with E-state index >= 15 is 0 Å². The molecule has 0 bridgehead atoms. The number of aromatic nitrogens is 1. The van der Waals surface area contributed by atoms with Gasteiger partial charge in [-0.15, -0.1) is 0 Å². The average Bonchev–Trinajstić information content (AvgIpc) is 3.00. The van der Waals surface area contributed by atoms with Crippen LogP contribution in [0.25, 0.3) is 21.8 Å². The minimum absolute atomic E-state index is 0.0158. The first kappa shape index (κ1) is 16.0. The van der Waals surface area contributed by atoms with Crippen LogP contribution in [0.2, 0.25) is 0 Å². The van der Waals surface area contributed by atoms with Gasteiger partial charge >= 0.3 is 5.97 Å². The molecule has 3 aromatic rings. The van der Waals surface area contributed by atoms with E-state index in [1.165, 1.54) is 7.11 Å². The van der Waals surface area contributed by atoms with E-state index in [2.05, 4.69) is 0 Å². The van der Waals surface area contributed by atoms with E-state index in [0.717, 1.165) is 12.1 Å². The van der Waals surface area contributed by atoms with E-state index in [1.54, 1.807) is 18.2 Å². The fourth-order valence-corrected chi connectivity index (χ4v) is 3.66. The van der Waals surface area contributed by atoms with Crippen LogP contribution < -0.4 is 0 Å². The lowest BCUT2D eigenvalue weighted by Gasteiger charge is -2.25. The summed E-state index contributed by atoms with van der Waals surface area (Å²) in [7, 11) is 1.31. The highest BCUT2D eigenvalue weighted by Crippen LogP contribution is 2.38. The second kappa shape index (κ2) is 6.11. The van der Waals surface area contributed by atoms with Crippen molar-refractivity contribution in [2.24, 2.45) is 0 Å². The molecule has 0 N–H and O–H groups in total. The second-order valence-corrected chi connectivity index (χ2v) is 6.19. The van der Waals surface area contributed by atoms with Gasteiger partial charge in [0.15, 0.2) is 0 Å². The molecule has 6 heteroatoms. The Morgan fingerprint density at radius 2 is 1.88 bits per heavy atom. The number of nitrogens with zero attached hydrogens (tertiary/aromatic N) is 1. The Labute approximate surface area is 142 Å². The van der Waals surface area contributed by atoms with Crippen LogP contribution in [0.4, 0.5) is 8.78 Å². The SMILES string of the molecule is COC(=O)c1ccc2c3c(F)ccc(F)c3n(C3CCOCC3)c2c1. The molecule has 130 valence electrons. The third-order valence-corrected chi connectivity index (χ3v) is 4.82. The molecule has 1 saturated heterocycles. The van der Waals surface area contributed by atoms with Crippen molar-refractivity contribution in [1.29, 1.82) is 0 Å². The number of carbonyl (C=O) groups excluding carboxylic acids is 1. The summed E-state index contributed by atoms with van der Waals surface area (Å²) in [6, 6.07) is 7.15.